The molecule has 0 fully saturated rings. The standard InChI is InChI=1S/C30H37FN10O/c1-6-9-10-25(42)35-21(7-2)18-34-39-28-23(8-3)27(38-40-28)30-36-26-24(11-12-33-29(26)37-30)19-15-20(31)17-22(16-19)32-13-14-41(4)5/h7-8,11-12,15-18,32,36,38H,2,6,9-10,13-14H2,1,3-5H3,(H,33,37)(H,39,40)/b23-8-,30-27?,34-18?,35-21?. The molecule has 3 heterocycles. The van der Waals surface area contributed by atoms with Crippen molar-refractivity contribution in [1.29, 1.82) is 0 Å². The first-order valence-electron chi connectivity index (χ1n) is 13.8. The van der Waals surface area contributed by atoms with Gasteiger partial charge in [0.15, 0.2) is 11.6 Å². The number of allylic oxidation sites excluding steroid dienone is 1. The second-order valence-corrected chi connectivity index (χ2v) is 9.92. The molecule has 1 aliphatic heterocycles. The van der Waals surface area contributed by atoms with Crippen LogP contribution < -0.4 is 31.9 Å². The zero-order valence-electron chi connectivity index (χ0n) is 24.4. The molecule has 4 rings (SSSR count). The summed E-state index contributed by atoms with van der Waals surface area (Å²) in [5.74, 6) is 1.18. The maximum Gasteiger partial charge on any atom is 0.246 e. The minimum Gasteiger partial charge on any atom is -0.384 e. The van der Waals surface area contributed by atoms with Crippen molar-refractivity contribution in [3.8, 4) is 11.1 Å². The van der Waals surface area contributed by atoms with Gasteiger partial charge >= 0.3 is 0 Å². The third-order valence-electron chi connectivity index (χ3n) is 6.46. The Balaban J connectivity index is 1.58. The lowest BCUT2D eigenvalue weighted by molar-refractivity contribution is -0.117. The van der Waals surface area contributed by atoms with Crippen molar-refractivity contribution < 1.29 is 9.18 Å². The Morgan fingerprint density at radius 2 is 2.07 bits per heavy atom. The zero-order valence-corrected chi connectivity index (χ0v) is 24.4. The summed E-state index contributed by atoms with van der Waals surface area (Å²) in [6, 6.07) is 6.77. The predicted octanol–water partition coefficient (Wildman–Crippen LogP) is 3.73. The van der Waals surface area contributed by atoms with E-state index in [9.17, 15) is 9.18 Å². The largest absolute Gasteiger partial charge is 0.384 e. The quantitative estimate of drug-likeness (QED) is 0.164. The second-order valence-electron chi connectivity index (χ2n) is 9.92. The smallest absolute Gasteiger partial charge is 0.246 e. The highest BCUT2D eigenvalue weighted by molar-refractivity contribution is 6.37. The lowest BCUT2D eigenvalue weighted by Crippen LogP contribution is -2.30. The van der Waals surface area contributed by atoms with Crippen LogP contribution in [-0.4, -0.2) is 65.1 Å². The molecule has 11 nitrogen and oxygen atoms in total. The molecule has 0 atom stereocenters. The van der Waals surface area contributed by atoms with Crippen LogP contribution in [0.25, 0.3) is 23.0 Å². The highest BCUT2D eigenvalue weighted by Crippen LogP contribution is 2.39. The molecular weight excluding hydrogens is 535 g/mol. The maximum atomic E-state index is 14.6. The van der Waals surface area contributed by atoms with Crippen molar-refractivity contribution in [3.05, 3.63) is 59.5 Å². The van der Waals surface area contributed by atoms with Gasteiger partial charge in [-0.05, 0) is 63.3 Å². The Kier molecular flexibility index (Phi) is 10.2. The molecule has 2 aromatic heterocycles. The molecule has 0 saturated heterocycles. The Morgan fingerprint density at radius 3 is 2.81 bits per heavy atom. The number of likely N-dealkylation sites (N-methyl/N-ethyl adjacent to an activating group) is 1. The van der Waals surface area contributed by atoms with Crippen molar-refractivity contribution in [2.24, 2.45) is 10.1 Å². The summed E-state index contributed by atoms with van der Waals surface area (Å²) >= 11 is 0. The van der Waals surface area contributed by atoms with Gasteiger partial charge in [-0.3, -0.25) is 15.3 Å². The average Bonchev–Trinajstić information content (AvgIpc) is 3.58. The fourth-order valence-electron chi connectivity index (χ4n) is 4.32. The molecule has 0 aliphatic carbocycles. The van der Waals surface area contributed by atoms with E-state index in [-0.39, 0.29) is 11.7 Å². The number of carbonyl (C=O) groups excluding carboxylic acids is 1. The fraction of sp³-hybridized carbons (Fsp3) is 0.300. The molecule has 0 saturated carbocycles. The number of unbranched alkanes of at least 4 members (excludes halogenated alkanes) is 1. The van der Waals surface area contributed by atoms with Crippen LogP contribution in [0.15, 0.2) is 53.2 Å². The number of halogens is 1. The number of nitrogens with one attached hydrogen (secondary N) is 5. The van der Waals surface area contributed by atoms with Gasteiger partial charge in [-0.25, -0.2) is 14.4 Å². The van der Waals surface area contributed by atoms with Crippen LogP contribution in [0.1, 0.15) is 33.1 Å². The van der Waals surface area contributed by atoms with E-state index in [0.29, 0.717) is 52.7 Å². The number of benzene rings is 1. The minimum atomic E-state index is -0.330. The molecule has 1 aliphatic rings. The number of hydrogen-bond acceptors (Lipinski definition) is 9. The van der Waals surface area contributed by atoms with Gasteiger partial charge in [0, 0.05) is 42.2 Å². The molecular formula is C30H37FN10O. The van der Waals surface area contributed by atoms with Crippen LogP contribution in [0, 0.1) is 5.82 Å². The number of aliphatic imine (C=N–C) groups is 1. The third-order valence-corrected chi connectivity index (χ3v) is 6.46. The topological polar surface area (TPSA) is 135 Å². The number of hydrazone groups is 1. The minimum absolute atomic E-state index is 0.208. The summed E-state index contributed by atoms with van der Waals surface area (Å²) in [5, 5.41) is 23.0. The van der Waals surface area contributed by atoms with Gasteiger partial charge in [-0.1, -0.05) is 26.0 Å². The van der Waals surface area contributed by atoms with Crippen molar-refractivity contribution in [1.82, 2.24) is 20.1 Å². The summed E-state index contributed by atoms with van der Waals surface area (Å²) < 4.78 is 14.6. The molecule has 42 heavy (non-hydrogen) atoms. The van der Waals surface area contributed by atoms with E-state index in [2.05, 4.69) is 58.1 Å². The Hall–Kier alpha value is -4.84. The Bertz CT molecular complexity index is 1620. The van der Waals surface area contributed by atoms with Crippen LogP contribution in [0.5, 0.6) is 0 Å². The summed E-state index contributed by atoms with van der Waals surface area (Å²) in [6.45, 7) is 9.13. The van der Waals surface area contributed by atoms with E-state index >= 15 is 0 Å². The summed E-state index contributed by atoms with van der Waals surface area (Å²) in [4.78, 5) is 22.5. The third kappa shape index (κ3) is 7.46. The number of H-pyrrole nitrogens is 1. The van der Waals surface area contributed by atoms with Crippen LogP contribution >= 0.6 is 0 Å². The van der Waals surface area contributed by atoms with E-state index < -0.39 is 0 Å². The van der Waals surface area contributed by atoms with Gasteiger partial charge in [0.25, 0.3) is 0 Å². The second kappa shape index (κ2) is 14.2. The van der Waals surface area contributed by atoms with Gasteiger partial charge in [0.1, 0.15) is 17.0 Å². The first kappa shape index (κ1) is 30.1. The summed E-state index contributed by atoms with van der Waals surface area (Å²) in [6.07, 6.45) is 8.57. The molecule has 5 N–H and O–H groups in total. The van der Waals surface area contributed by atoms with Gasteiger partial charge < -0.3 is 20.9 Å². The average molecular weight is 573 g/mol. The van der Waals surface area contributed by atoms with Gasteiger partial charge in [0.2, 0.25) is 5.91 Å². The highest BCUT2D eigenvalue weighted by Gasteiger charge is 2.22. The number of rotatable bonds is 12. The molecule has 12 heteroatoms. The number of aromatic nitrogens is 3. The molecule has 1 aromatic carbocycles. The van der Waals surface area contributed by atoms with Crippen LogP contribution in [-0.2, 0) is 4.79 Å². The first-order valence-corrected chi connectivity index (χ1v) is 13.8. The number of aromatic amines is 1. The molecule has 220 valence electrons. The van der Waals surface area contributed by atoms with E-state index in [4.69, 9.17) is 0 Å². The van der Waals surface area contributed by atoms with Crippen LogP contribution in [0.4, 0.5) is 27.4 Å². The number of amides is 1. The van der Waals surface area contributed by atoms with Crippen LogP contribution in [0.2, 0.25) is 0 Å². The van der Waals surface area contributed by atoms with Crippen LogP contribution in [0.3, 0.4) is 0 Å². The number of anilines is 4. The number of nitrogens with zero attached hydrogens (tertiary/aromatic N) is 5. The van der Waals surface area contributed by atoms with E-state index in [0.717, 1.165) is 35.9 Å². The number of pyridine rings is 1. The van der Waals surface area contributed by atoms with Crippen molar-refractivity contribution in [2.45, 2.75) is 33.1 Å². The SMILES string of the molecule is C=CC(C=NNc1n[nH]c(=C2Nc3nccc(-c4cc(F)cc(NCCN(C)C)c4)c3N2)/c1=C/C)=NC(=O)CCCC. The highest BCUT2D eigenvalue weighted by atomic mass is 19.1. The molecule has 1 amide bonds. The monoisotopic (exact) mass is 572 g/mol. The molecule has 0 radical (unpaired) electrons. The van der Waals surface area contributed by atoms with Crippen molar-refractivity contribution in [3.63, 3.8) is 0 Å². The van der Waals surface area contributed by atoms with Gasteiger partial charge in [0.05, 0.1) is 17.6 Å². The van der Waals surface area contributed by atoms with E-state index in [1.54, 1.807) is 6.20 Å². The zero-order chi connectivity index (χ0) is 30.1. The summed E-state index contributed by atoms with van der Waals surface area (Å²) in [7, 11) is 3.99. The summed E-state index contributed by atoms with van der Waals surface area (Å²) in [5.41, 5.74) is 6.20. The molecule has 0 unspecified atom stereocenters. The molecule has 0 spiro atoms. The van der Waals surface area contributed by atoms with E-state index in [1.165, 1.54) is 24.4 Å². The molecule has 3 aromatic rings. The van der Waals surface area contributed by atoms with Crippen molar-refractivity contribution >= 4 is 52.7 Å². The number of carbonyl (C=O) groups is 1. The predicted molar refractivity (Wildman–Crippen MR) is 170 cm³/mol. The fourth-order valence-corrected chi connectivity index (χ4v) is 4.32. The number of fused-ring (bicyclic) bond motifs is 1. The Morgan fingerprint density at radius 1 is 1.24 bits per heavy atom. The maximum absolute atomic E-state index is 14.6. The van der Waals surface area contributed by atoms with Gasteiger partial charge in [-0.2, -0.15) is 10.2 Å². The Labute approximate surface area is 244 Å². The van der Waals surface area contributed by atoms with E-state index in [1.807, 2.05) is 46.2 Å². The lowest BCUT2D eigenvalue weighted by atomic mass is 10.0. The van der Waals surface area contributed by atoms with Gasteiger partial charge in [-0.15, -0.1) is 0 Å². The number of hydrogen-bond donors (Lipinski definition) is 5. The lowest BCUT2D eigenvalue weighted by Gasteiger charge is -2.13. The molecule has 0 bridgehead atoms. The normalized spacial score (nSPS) is 14.6. The van der Waals surface area contributed by atoms with Crippen molar-refractivity contribution in [2.75, 3.05) is 48.6 Å². The first-order chi connectivity index (χ1) is 20.3.